The summed E-state index contributed by atoms with van der Waals surface area (Å²) in [5, 5.41) is 21.8. The third-order valence-corrected chi connectivity index (χ3v) is 6.80. The van der Waals surface area contributed by atoms with E-state index in [2.05, 4.69) is 29.6 Å². The van der Waals surface area contributed by atoms with Gasteiger partial charge in [0.1, 0.15) is 12.6 Å². The minimum atomic E-state index is -1.12. The Morgan fingerprint density at radius 1 is 1.09 bits per heavy atom. The van der Waals surface area contributed by atoms with E-state index in [1.807, 2.05) is 31.2 Å². The average Bonchev–Trinajstić information content (AvgIpc) is 3.38. The molecular weight excluding hydrogens is 436 g/mol. The number of nitrogens with zero attached hydrogens (tertiary/aromatic N) is 1. The highest BCUT2D eigenvalue weighted by Gasteiger charge is 2.39. The molecule has 8 heteroatoms. The van der Waals surface area contributed by atoms with E-state index in [9.17, 15) is 24.6 Å². The second kappa shape index (κ2) is 10.3. The number of aliphatic carboxylic acids is 1. The van der Waals surface area contributed by atoms with Crippen LogP contribution >= 0.6 is 0 Å². The number of benzene rings is 2. The SMILES string of the molecule is CCC(CNC(=O)OCC1c2ccccc2-c2ccccc21)CC(=O)N1CC(O)CC1C(=O)O. The molecule has 4 rings (SSSR count). The lowest BCUT2D eigenvalue weighted by molar-refractivity contribution is -0.148. The van der Waals surface area contributed by atoms with Crippen molar-refractivity contribution in [1.82, 2.24) is 10.2 Å². The topological polar surface area (TPSA) is 116 Å². The van der Waals surface area contributed by atoms with Gasteiger partial charge in [0.2, 0.25) is 5.91 Å². The molecule has 2 aromatic carbocycles. The van der Waals surface area contributed by atoms with Gasteiger partial charge in [-0.25, -0.2) is 9.59 Å². The summed E-state index contributed by atoms with van der Waals surface area (Å²) in [4.78, 5) is 37.7. The highest BCUT2D eigenvalue weighted by molar-refractivity contribution is 5.84. The molecule has 1 saturated heterocycles. The first-order valence-electron chi connectivity index (χ1n) is 11.7. The second-order valence-electron chi connectivity index (χ2n) is 8.97. The van der Waals surface area contributed by atoms with Crippen LogP contribution < -0.4 is 5.32 Å². The van der Waals surface area contributed by atoms with Crippen molar-refractivity contribution in [1.29, 1.82) is 0 Å². The van der Waals surface area contributed by atoms with Crippen molar-refractivity contribution in [3.63, 3.8) is 0 Å². The fourth-order valence-corrected chi connectivity index (χ4v) is 4.93. The summed E-state index contributed by atoms with van der Waals surface area (Å²) in [5.41, 5.74) is 4.58. The second-order valence-corrected chi connectivity index (χ2v) is 8.97. The fraction of sp³-hybridized carbons (Fsp3) is 0.423. The average molecular weight is 467 g/mol. The van der Waals surface area contributed by atoms with Gasteiger partial charge < -0.3 is 25.2 Å². The molecule has 1 fully saturated rings. The Hall–Kier alpha value is -3.39. The van der Waals surface area contributed by atoms with Gasteiger partial charge in [-0.1, -0.05) is 61.9 Å². The summed E-state index contributed by atoms with van der Waals surface area (Å²) < 4.78 is 5.55. The summed E-state index contributed by atoms with van der Waals surface area (Å²) in [5.74, 6) is -1.64. The maximum atomic E-state index is 12.7. The molecule has 34 heavy (non-hydrogen) atoms. The lowest BCUT2D eigenvalue weighted by Crippen LogP contribution is -2.42. The zero-order chi connectivity index (χ0) is 24.2. The molecule has 8 nitrogen and oxygen atoms in total. The molecule has 2 amide bonds. The van der Waals surface area contributed by atoms with E-state index in [1.54, 1.807) is 0 Å². The Morgan fingerprint density at radius 2 is 1.71 bits per heavy atom. The van der Waals surface area contributed by atoms with Crippen molar-refractivity contribution in [3.05, 3.63) is 59.7 Å². The molecule has 1 aliphatic carbocycles. The molecule has 2 aliphatic rings. The number of alkyl carbamates (subject to hydrolysis) is 1. The highest BCUT2D eigenvalue weighted by atomic mass is 16.5. The molecule has 0 saturated carbocycles. The number of ether oxygens (including phenoxy) is 1. The van der Waals surface area contributed by atoms with Crippen LogP contribution in [-0.4, -0.2) is 64.9 Å². The minimum Gasteiger partial charge on any atom is -0.480 e. The number of nitrogens with one attached hydrogen (secondary N) is 1. The monoisotopic (exact) mass is 466 g/mol. The Balaban J connectivity index is 1.30. The molecule has 0 bridgehead atoms. The van der Waals surface area contributed by atoms with Crippen LogP contribution in [0.25, 0.3) is 11.1 Å². The Bertz CT molecular complexity index is 1030. The van der Waals surface area contributed by atoms with E-state index < -0.39 is 24.2 Å². The number of carbonyl (C=O) groups is 3. The van der Waals surface area contributed by atoms with Gasteiger partial charge in [0, 0.05) is 31.8 Å². The molecule has 3 N–H and O–H groups in total. The number of rotatable bonds is 8. The first-order valence-corrected chi connectivity index (χ1v) is 11.7. The first-order chi connectivity index (χ1) is 16.4. The van der Waals surface area contributed by atoms with Crippen molar-refractivity contribution in [3.8, 4) is 11.1 Å². The molecule has 0 radical (unpaired) electrons. The summed E-state index contributed by atoms with van der Waals surface area (Å²) in [7, 11) is 0. The number of fused-ring (bicyclic) bond motifs is 3. The van der Waals surface area contributed by atoms with E-state index in [1.165, 1.54) is 4.90 Å². The third kappa shape index (κ3) is 4.92. The van der Waals surface area contributed by atoms with Crippen molar-refractivity contribution in [2.75, 3.05) is 19.7 Å². The van der Waals surface area contributed by atoms with E-state index in [4.69, 9.17) is 4.74 Å². The molecule has 2 aromatic rings. The number of carbonyl (C=O) groups excluding carboxylic acids is 2. The zero-order valence-corrected chi connectivity index (χ0v) is 19.1. The van der Waals surface area contributed by atoms with Gasteiger partial charge in [0.15, 0.2) is 0 Å². The molecule has 1 heterocycles. The van der Waals surface area contributed by atoms with Crippen LogP contribution in [0.5, 0.6) is 0 Å². The molecular formula is C26H30N2O6. The normalized spacial score (nSPS) is 19.9. The number of β-amino-alcohol motifs (C(OH)–C–C–N with tert-alkyl or cyclic N) is 1. The number of hydrogen-bond acceptors (Lipinski definition) is 5. The summed E-state index contributed by atoms with van der Waals surface area (Å²) in [6.07, 6.45) is -0.618. The van der Waals surface area contributed by atoms with Crippen LogP contribution in [0.2, 0.25) is 0 Å². The minimum absolute atomic E-state index is 0.0199. The smallest absolute Gasteiger partial charge is 0.407 e. The number of amides is 2. The maximum absolute atomic E-state index is 12.7. The van der Waals surface area contributed by atoms with Gasteiger partial charge in [0.05, 0.1) is 6.10 Å². The van der Waals surface area contributed by atoms with Gasteiger partial charge in [-0.3, -0.25) is 4.79 Å². The van der Waals surface area contributed by atoms with Crippen LogP contribution in [0.1, 0.15) is 43.2 Å². The molecule has 3 unspecified atom stereocenters. The lowest BCUT2D eigenvalue weighted by Gasteiger charge is -2.24. The van der Waals surface area contributed by atoms with Gasteiger partial charge in [-0.15, -0.1) is 0 Å². The predicted octanol–water partition coefficient (Wildman–Crippen LogP) is 2.99. The fourth-order valence-electron chi connectivity index (χ4n) is 4.93. The largest absolute Gasteiger partial charge is 0.480 e. The number of aliphatic hydroxyl groups is 1. The predicted molar refractivity (Wildman–Crippen MR) is 125 cm³/mol. The van der Waals surface area contributed by atoms with Crippen LogP contribution in [0.15, 0.2) is 48.5 Å². The summed E-state index contributed by atoms with van der Waals surface area (Å²) >= 11 is 0. The van der Waals surface area contributed by atoms with E-state index >= 15 is 0 Å². The van der Waals surface area contributed by atoms with Crippen LogP contribution in [0.4, 0.5) is 4.79 Å². The third-order valence-electron chi connectivity index (χ3n) is 6.80. The Morgan fingerprint density at radius 3 is 2.29 bits per heavy atom. The number of likely N-dealkylation sites (tertiary alicyclic amines) is 1. The Kier molecular flexibility index (Phi) is 7.17. The molecule has 3 atom stereocenters. The number of carboxylic acid groups (broad SMARTS) is 1. The Labute approximate surface area is 198 Å². The van der Waals surface area contributed by atoms with Crippen LogP contribution in [-0.2, 0) is 14.3 Å². The number of hydrogen-bond donors (Lipinski definition) is 3. The lowest BCUT2D eigenvalue weighted by atomic mass is 9.98. The molecule has 0 spiro atoms. The molecule has 1 aliphatic heterocycles. The highest BCUT2D eigenvalue weighted by Crippen LogP contribution is 2.44. The summed E-state index contributed by atoms with van der Waals surface area (Å²) in [6.45, 7) is 2.38. The molecule has 0 aromatic heterocycles. The van der Waals surface area contributed by atoms with Gasteiger partial charge >= 0.3 is 12.1 Å². The number of aliphatic hydroxyl groups excluding tert-OH is 1. The quantitative estimate of drug-likeness (QED) is 0.551. The van der Waals surface area contributed by atoms with Crippen LogP contribution in [0.3, 0.4) is 0 Å². The van der Waals surface area contributed by atoms with Gasteiger partial charge in [-0.05, 0) is 28.2 Å². The standard InChI is InChI=1S/C26H30N2O6/c1-2-16(11-24(30)28-14-17(29)12-23(28)25(31)32)13-27-26(33)34-15-22-20-9-5-3-7-18(20)19-8-4-6-10-21(19)22/h3-10,16-17,22-23,29H,2,11-15H2,1H3,(H,27,33)(H,31,32). The van der Waals surface area contributed by atoms with E-state index in [-0.39, 0.29) is 50.3 Å². The maximum Gasteiger partial charge on any atom is 0.407 e. The van der Waals surface area contributed by atoms with Crippen molar-refractivity contribution in [2.45, 2.75) is 44.2 Å². The van der Waals surface area contributed by atoms with Gasteiger partial charge in [-0.2, -0.15) is 0 Å². The van der Waals surface area contributed by atoms with E-state index in [0.717, 1.165) is 22.3 Å². The first kappa shape index (κ1) is 23.8. The van der Waals surface area contributed by atoms with Crippen LogP contribution in [0, 0.1) is 5.92 Å². The number of carboxylic acids is 1. The van der Waals surface area contributed by atoms with Gasteiger partial charge in [0.25, 0.3) is 0 Å². The summed E-state index contributed by atoms with van der Waals surface area (Å²) in [6, 6.07) is 15.2. The van der Waals surface area contributed by atoms with Crippen molar-refractivity contribution < 1.29 is 29.3 Å². The zero-order valence-electron chi connectivity index (χ0n) is 19.1. The van der Waals surface area contributed by atoms with E-state index in [0.29, 0.717) is 6.42 Å². The van der Waals surface area contributed by atoms with Crippen molar-refractivity contribution in [2.24, 2.45) is 5.92 Å². The molecule has 180 valence electrons. The van der Waals surface area contributed by atoms with Crippen molar-refractivity contribution >= 4 is 18.0 Å².